The average Bonchev–Trinajstić information content (AvgIpc) is 3.17. The standard InChI is InChI=1S/C28H17BrO/c29-25-17-27-28(23-13-7-6-12-22(23)25)24-16-19(14-15-26(24)30-27)21-11-5-4-10-20(21)18-8-2-1-3-9-18/h1-17H. The van der Waals surface area contributed by atoms with E-state index in [4.69, 9.17) is 4.42 Å². The quantitative estimate of drug-likeness (QED) is 0.257. The van der Waals surface area contributed by atoms with Gasteiger partial charge in [0.05, 0.1) is 0 Å². The Balaban J connectivity index is 1.66. The molecule has 6 aromatic rings. The predicted molar refractivity (Wildman–Crippen MR) is 130 cm³/mol. The van der Waals surface area contributed by atoms with Crippen LogP contribution in [-0.2, 0) is 0 Å². The van der Waals surface area contributed by atoms with E-state index in [1.54, 1.807) is 0 Å². The van der Waals surface area contributed by atoms with Crippen molar-refractivity contribution in [3.63, 3.8) is 0 Å². The Morgan fingerprint density at radius 3 is 1.97 bits per heavy atom. The van der Waals surface area contributed by atoms with Gasteiger partial charge in [0.1, 0.15) is 11.2 Å². The highest BCUT2D eigenvalue weighted by Crippen LogP contribution is 2.40. The fourth-order valence-electron chi connectivity index (χ4n) is 4.37. The maximum Gasteiger partial charge on any atom is 0.137 e. The summed E-state index contributed by atoms with van der Waals surface area (Å²) in [5, 5.41) is 4.72. The van der Waals surface area contributed by atoms with Crippen molar-refractivity contribution in [2.24, 2.45) is 0 Å². The number of benzene rings is 5. The van der Waals surface area contributed by atoms with Crippen LogP contribution >= 0.6 is 15.9 Å². The van der Waals surface area contributed by atoms with E-state index in [-0.39, 0.29) is 0 Å². The molecule has 0 atom stereocenters. The van der Waals surface area contributed by atoms with Crippen molar-refractivity contribution in [2.45, 2.75) is 0 Å². The number of fused-ring (bicyclic) bond motifs is 5. The van der Waals surface area contributed by atoms with Crippen molar-refractivity contribution >= 4 is 48.6 Å². The molecular formula is C28H17BrO. The van der Waals surface area contributed by atoms with E-state index < -0.39 is 0 Å². The normalized spacial score (nSPS) is 11.5. The zero-order valence-corrected chi connectivity index (χ0v) is 17.7. The molecule has 0 N–H and O–H groups in total. The number of hydrogen-bond acceptors (Lipinski definition) is 1. The lowest BCUT2D eigenvalue weighted by molar-refractivity contribution is 0.669. The van der Waals surface area contributed by atoms with E-state index in [2.05, 4.69) is 119 Å². The summed E-state index contributed by atoms with van der Waals surface area (Å²) in [7, 11) is 0. The second kappa shape index (κ2) is 6.86. The number of rotatable bonds is 2. The Hall–Kier alpha value is -3.36. The molecule has 0 fully saturated rings. The molecule has 2 heteroatoms. The van der Waals surface area contributed by atoms with E-state index in [0.29, 0.717) is 0 Å². The summed E-state index contributed by atoms with van der Waals surface area (Å²) in [4.78, 5) is 0. The molecule has 0 aliphatic heterocycles. The van der Waals surface area contributed by atoms with E-state index in [1.165, 1.54) is 38.4 Å². The van der Waals surface area contributed by atoms with Gasteiger partial charge in [-0.25, -0.2) is 0 Å². The van der Waals surface area contributed by atoms with Crippen molar-refractivity contribution in [3.05, 3.63) is 108 Å². The molecule has 0 spiro atoms. The Kier molecular flexibility index (Phi) is 4.00. The molecule has 0 unspecified atom stereocenters. The summed E-state index contributed by atoms with van der Waals surface area (Å²) in [5.41, 5.74) is 6.69. The van der Waals surface area contributed by atoms with Crippen LogP contribution in [0.3, 0.4) is 0 Å². The molecule has 0 bridgehead atoms. The predicted octanol–water partition coefficient (Wildman–Crippen LogP) is 8.84. The number of hydrogen-bond donors (Lipinski definition) is 0. The molecule has 0 aliphatic carbocycles. The van der Waals surface area contributed by atoms with E-state index in [9.17, 15) is 0 Å². The molecule has 0 amide bonds. The average molecular weight is 449 g/mol. The van der Waals surface area contributed by atoms with Crippen LogP contribution in [0.25, 0.3) is 55.0 Å². The number of halogens is 1. The first kappa shape index (κ1) is 17.5. The van der Waals surface area contributed by atoms with Gasteiger partial charge in [0, 0.05) is 15.2 Å². The van der Waals surface area contributed by atoms with Crippen LogP contribution in [0.2, 0.25) is 0 Å². The smallest absolute Gasteiger partial charge is 0.137 e. The Bertz CT molecular complexity index is 1540. The highest BCUT2D eigenvalue weighted by molar-refractivity contribution is 9.10. The van der Waals surface area contributed by atoms with Crippen LogP contribution in [0, 0.1) is 0 Å². The molecule has 0 radical (unpaired) electrons. The highest BCUT2D eigenvalue weighted by Gasteiger charge is 2.15. The summed E-state index contributed by atoms with van der Waals surface area (Å²) in [6, 6.07) is 36.2. The SMILES string of the molecule is Brc1cc2oc3ccc(-c4ccccc4-c4ccccc4)cc3c2c2ccccc12. The van der Waals surface area contributed by atoms with Crippen LogP contribution in [0.5, 0.6) is 0 Å². The second-order valence-electron chi connectivity index (χ2n) is 7.50. The highest BCUT2D eigenvalue weighted by atomic mass is 79.9. The molecular weight excluding hydrogens is 432 g/mol. The van der Waals surface area contributed by atoms with Gasteiger partial charge in [-0.15, -0.1) is 0 Å². The van der Waals surface area contributed by atoms with Crippen molar-refractivity contribution in [1.29, 1.82) is 0 Å². The fourth-order valence-corrected chi connectivity index (χ4v) is 4.92. The van der Waals surface area contributed by atoms with Gasteiger partial charge in [0.15, 0.2) is 0 Å². The van der Waals surface area contributed by atoms with Crippen LogP contribution in [-0.4, -0.2) is 0 Å². The van der Waals surface area contributed by atoms with Crippen LogP contribution in [0.4, 0.5) is 0 Å². The van der Waals surface area contributed by atoms with Gasteiger partial charge in [-0.3, -0.25) is 0 Å². The molecule has 1 aromatic heterocycles. The molecule has 1 heterocycles. The lowest BCUT2D eigenvalue weighted by Gasteiger charge is -2.10. The first-order valence-electron chi connectivity index (χ1n) is 9.98. The maximum absolute atomic E-state index is 6.22. The fraction of sp³-hybridized carbons (Fsp3) is 0. The third kappa shape index (κ3) is 2.68. The zero-order valence-electron chi connectivity index (χ0n) is 16.1. The van der Waals surface area contributed by atoms with E-state index in [1.807, 2.05) is 0 Å². The molecule has 6 rings (SSSR count). The van der Waals surface area contributed by atoms with Gasteiger partial charge < -0.3 is 4.42 Å². The minimum atomic E-state index is 0.907. The Morgan fingerprint density at radius 2 is 1.17 bits per heavy atom. The van der Waals surface area contributed by atoms with Crippen molar-refractivity contribution in [1.82, 2.24) is 0 Å². The first-order valence-corrected chi connectivity index (χ1v) is 10.8. The van der Waals surface area contributed by atoms with Gasteiger partial charge >= 0.3 is 0 Å². The second-order valence-corrected chi connectivity index (χ2v) is 8.36. The monoisotopic (exact) mass is 448 g/mol. The van der Waals surface area contributed by atoms with Crippen molar-refractivity contribution in [2.75, 3.05) is 0 Å². The van der Waals surface area contributed by atoms with Gasteiger partial charge in [-0.1, -0.05) is 101 Å². The van der Waals surface area contributed by atoms with E-state index in [0.717, 1.165) is 21.0 Å². The molecule has 0 saturated carbocycles. The lowest BCUT2D eigenvalue weighted by Crippen LogP contribution is -1.85. The molecule has 1 nitrogen and oxygen atoms in total. The van der Waals surface area contributed by atoms with Crippen LogP contribution < -0.4 is 0 Å². The minimum Gasteiger partial charge on any atom is -0.456 e. The summed E-state index contributed by atoms with van der Waals surface area (Å²) in [6.07, 6.45) is 0. The summed E-state index contributed by atoms with van der Waals surface area (Å²) >= 11 is 3.70. The maximum atomic E-state index is 6.22. The molecule has 0 saturated heterocycles. The van der Waals surface area contributed by atoms with Gasteiger partial charge in [-0.2, -0.15) is 0 Å². The van der Waals surface area contributed by atoms with Gasteiger partial charge in [-0.05, 0) is 51.2 Å². The van der Waals surface area contributed by atoms with E-state index >= 15 is 0 Å². The summed E-state index contributed by atoms with van der Waals surface area (Å²) in [6.45, 7) is 0. The Labute approximate surface area is 182 Å². The molecule has 0 aliphatic rings. The largest absolute Gasteiger partial charge is 0.456 e. The van der Waals surface area contributed by atoms with Crippen molar-refractivity contribution < 1.29 is 4.42 Å². The third-order valence-corrected chi connectivity index (χ3v) is 6.41. The topological polar surface area (TPSA) is 13.1 Å². The van der Waals surface area contributed by atoms with Crippen LogP contribution in [0.15, 0.2) is 112 Å². The molecule has 30 heavy (non-hydrogen) atoms. The van der Waals surface area contributed by atoms with Gasteiger partial charge in [0.2, 0.25) is 0 Å². The Morgan fingerprint density at radius 1 is 0.500 bits per heavy atom. The minimum absolute atomic E-state index is 0.907. The lowest BCUT2D eigenvalue weighted by atomic mass is 9.93. The first-order chi connectivity index (χ1) is 14.8. The molecule has 5 aromatic carbocycles. The summed E-state index contributed by atoms with van der Waals surface area (Å²) in [5.74, 6) is 0. The molecule has 142 valence electrons. The van der Waals surface area contributed by atoms with Gasteiger partial charge in [0.25, 0.3) is 0 Å². The number of furan rings is 1. The zero-order chi connectivity index (χ0) is 20.1. The van der Waals surface area contributed by atoms with Crippen molar-refractivity contribution in [3.8, 4) is 22.3 Å². The summed E-state index contributed by atoms with van der Waals surface area (Å²) < 4.78 is 7.27. The third-order valence-electron chi connectivity index (χ3n) is 5.75. The van der Waals surface area contributed by atoms with Crippen LogP contribution in [0.1, 0.15) is 0 Å².